The molecule has 4 aliphatic rings. The van der Waals surface area contributed by atoms with E-state index in [4.69, 9.17) is 9.72 Å². The number of nitrogens with one attached hydrogen (secondary N) is 2. The van der Waals surface area contributed by atoms with E-state index in [1.807, 2.05) is 12.1 Å². The summed E-state index contributed by atoms with van der Waals surface area (Å²) in [6, 6.07) is 1.56. The summed E-state index contributed by atoms with van der Waals surface area (Å²) in [5, 5.41) is 8.50. The normalized spacial score (nSPS) is 28.8. The lowest BCUT2D eigenvalue weighted by Gasteiger charge is -2.30. The summed E-state index contributed by atoms with van der Waals surface area (Å²) >= 11 is 0. The van der Waals surface area contributed by atoms with Gasteiger partial charge in [-0.25, -0.2) is 4.98 Å². The lowest BCUT2D eigenvalue weighted by Crippen LogP contribution is -2.45. The van der Waals surface area contributed by atoms with Gasteiger partial charge in [0.1, 0.15) is 6.17 Å². The van der Waals surface area contributed by atoms with E-state index in [9.17, 15) is 9.59 Å². The summed E-state index contributed by atoms with van der Waals surface area (Å²) in [5.41, 5.74) is 0.489. The fraction of sp³-hybridized carbons (Fsp3) is 0.640. The van der Waals surface area contributed by atoms with Gasteiger partial charge in [0.05, 0.1) is 24.3 Å². The first kappa shape index (κ1) is 22.2. The van der Waals surface area contributed by atoms with Crippen LogP contribution in [0, 0.1) is 17.8 Å². The van der Waals surface area contributed by atoms with Crippen LogP contribution in [-0.4, -0.2) is 41.4 Å². The van der Waals surface area contributed by atoms with Gasteiger partial charge >= 0.3 is 0 Å². The van der Waals surface area contributed by atoms with Gasteiger partial charge in [0.25, 0.3) is 5.56 Å². The predicted molar refractivity (Wildman–Crippen MR) is 127 cm³/mol. The summed E-state index contributed by atoms with van der Waals surface area (Å²) in [4.78, 5) is 30.3. The Kier molecular flexibility index (Phi) is 6.53. The average molecular weight is 454 g/mol. The molecule has 2 heterocycles. The number of fused-ring (bicyclic) bond motifs is 1. The van der Waals surface area contributed by atoms with Crippen LogP contribution in [-0.2, 0) is 16.1 Å². The molecule has 3 aliphatic carbocycles. The summed E-state index contributed by atoms with van der Waals surface area (Å²) in [7, 11) is 1.92. The number of carbonyl (C=O) groups excluding carboxylic acids is 1. The third-order valence-corrected chi connectivity index (χ3v) is 7.37. The van der Waals surface area contributed by atoms with Crippen molar-refractivity contribution in [3.8, 4) is 0 Å². The SMILES string of the molecule is CN1C(C2C=CC=CCC2)Nc2nc(COC3CCCCC3C(=O)NCC3CC3)cc(=O)n21. The maximum Gasteiger partial charge on any atom is 0.274 e. The number of aromatic nitrogens is 2. The Bertz CT molecular complexity index is 983. The third kappa shape index (κ3) is 5.00. The van der Waals surface area contributed by atoms with Crippen LogP contribution < -0.4 is 21.2 Å². The third-order valence-electron chi connectivity index (χ3n) is 7.37. The molecule has 178 valence electrons. The van der Waals surface area contributed by atoms with E-state index in [-0.39, 0.29) is 42.2 Å². The zero-order valence-corrected chi connectivity index (χ0v) is 19.4. The fourth-order valence-corrected chi connectivity index (χ4v) is 5.25. The van der Waals surface area contributed by atoms with E-state index in [1.165, 1.54) is 12.8 Å². The molecule has 4 atom stereocenters. The van der Waals surface area contributed by atoms with Gasteiger partial charge in [-0.1, -0.05) is 37.1 Å². The van der Waals surface area contributed by atoms with Crippen LogP contribution in [0.4, 0.5) is 5.95 Å². The fourth-order valence-electron chi connectivity index (χ4n) is 5.25. The lowest BCUT2D eigenvalue weighted by atomic mass is 9.85. The first-order valence-electron chi connectivity index (χ1n) is 12.5. The summed E-state index contributed by atoms with van der Waals surface area (Å²) in [6.45, 7) is 1.03. The first-order chi connectivity index (χ1) is 16.1. The van der Waals surface area contributed by atoms with Gasteiger partial charge in [-0.15, -0.1) is 0 Å². The van der Waals surface area contributed by atoms with Gasteiger partial charge in [-0.2, -0.15) is 4.68 Å². The van der Waals surface area contributed by atoms with Crippen molar-refractivity contribution >= 4 is 11.9 Å². The van der Waals surface area contributed by atoms with Crippen LogP contribution in [0.25, 0.3) is 0 Å². The summed E-state index contributed by atoms with van der Waals surface area (Å²) in [5.74, 6) is 1.51. The smallest absolute Gasteiger partial charge is 0.274 e. The zero-order chi connectivity index (χ0) is 22.8. The van der Waals surface area contributed by atoms with Crippen molar-refractivity contribution in [2.45, 2.75) is 70.2 Å². The molecule has 2 saturated carbocycles. The average Bonchev–Trinajstić information content (AvgIpc) is 3.63. The van der Waals surface area contributed by atoms with Crippen molar-refractivity contribution in [1.82, 2.24) is 15.0 Å². The van der Waals surface area contributed by atoms with Crippen molar-refractivity contribution in [2.75, 3.05) is 23.9 Å². The van der Waals surface area contributed by atoms with Crippen LogP contribution in [0.5, 0.6) is 0 Å². The van der Waals surface area contributed by atoms with E-state index in [0.29, 0.717) is 17.6 Å². The monoisotopic (exact) mass is 453 g/mol. The van der Waals surface area contributed by atoms with E-state index < -0.39 is 0 Å². The molecule has 2 fully saturated rings. The Hall–Kier alpha value is -2.61. The molecule has 0 aromatic carbocycles. The van der Waals surface area contributed by atoms with Crippen LogP contribution >= 0.6 is 0 Å². The highest BCUT2D eigenvalue weighted by Crippen LogP contribution is 2.30. The van der Waals surface area contributed by atoms with Gasteiger partial charge in [-0.3, -0.25) is 14.6 Å². The van der Waals surface area contributed by atoms with Crippen molar-refractivity contribution in [3.63, 3.8) is 0 Å². The number of amides is 1. The molecule has 1 amide bonds. The van der Waals surface area contributed by atoms with Crippen LogP contribution in [0.1, 0.15) is 57.1 Å². The highest BCUT2D eigenvalue weighted by atomic mass is 16.5. The predicted octanol–water partition coefficient (Wildman–Crippen LogP) is 2.69. The number of carbonyl (C=O) groups is 1. The molecule has 1 aromatic rings. The molecule has 0 radical (unpaired) electrons. The van der Waals surface area contributed by atoms with Gasteiger partial charge in [0, 0.05) is 25.6 Å². The van der Waals surface area contributed by atoms with Gasteiger partial charge < -0.3 is 15.4 Å². The molecular formula is C25H35N5O3. The number of nitrogens with zero attached hydrogens (tertiary/aromatic N) is 3. The number of ether oxygens (including phenoxy) is 1. The van der Waals surface area contributed by atoms with Crippen LogP contribution in [0.15, 0.2) is 35.2 Å². The largest absolute Gasteiger partial charge is 0.371 e. The number of hydrogen-bond donors (Lipinski definition) is 2. The quantitative estimate of drug-likeness (QED) is 0.660. The first-order valence-corrected chi connectivity index (χ1v) is 12.5. The Labute approximate surface area is 195 Å². The Morgan fingerprint density at radius 3 is 2.91 bits per heavy atom. The molecule has 1 aliphatic heterocycles. The molecule has 0 spiro atoms. The molecule has 33 heavy (non-hydrogen) atoms. The van der Waals surface area contributed by atoms with Crippen molar-refractivity contribution in [3.05, 3.63) is 46.4 Å². The number of rotatable bonds is 7. The minimum Gasteiger partial charge on any atom is -0.371 e. The molecule has 2 N–H and O–H groups in total. The van der Waals surface area contributed by atoms with E-state index in [2.05, 4.69) is 34.9 Å². The van der Waals surface area contributed by atoms with Gasteiger partial charge in [-0.05, 0) is 44.4 Å². The number of anilines is 1. The minimum absolute atomic E-state index is 0.0181. The second kappa shape index (κ2) is 9.71. The topological polar surface area (TPSA) is 88.5 Å². The molecule has 5 rings (SSSR count). The second-order valence-electron chi connectivity index (χ2n) is 9.87. The summed E-state index contributed by atoms with van der Waals surface area (Å²) in [6.07, 6.45) is 16.7. The molecule has 4 unspecified atom stereocenters. The maximum absolute atomic E-state index is 12.9. The van der Waals surface area contributed by atoms with Crippen molar-refractivity contribution in [2.24, 2.45) is 17.8 Å². The Morgan fingerprint density at radius 2 is 2.06 bits per heavy atom. The Balaban J connectivity index is 1.24. The lowest BCUT2D eigenvalue weighted by molar-refractivity contribution is -0.133. The standard InChI is InChI=1S/C25H35N5O3/c1-29-23(18-8-4-2-3-5-9-18)28-25-27-19(14-22(31)30(25)29)16-33-21-11-7-6-10-20(21)24(32)26-15-17-12-13-17/h2-4,8,14,17-18,20-21,23H,5-7,9-13,15-16H2,1H3,(H,26,32)(H,27,28). The van der Waals surface area contributed by atoms with Crippen LogP contribution in [0.3, 0.4) is 0 Å². The maximum atomic E-state index is 12.9. The highest BCUT2D eigenvalue weighted by molar-refractivity contribution is 5.79. The second-order valence-corrected chi connectivity index (χ2v) is 9.87. The zero-order valence-electron chi connectivity index (χ0n) is 19.4. The highest BCUT2D eigenvalue weighted by Gasteiger charge is 2.35. The van der Waals surface area contributed by atoms with Gasteiger partial charge in [0.2, 0.25) is 11.9 Å². The van der Waals surface area contributed by atoms with Crippen molar-refractivity contribution < 1.29 is 9.53 Å². The van der Waals surface area contributed by atoms with E-state index >= 15 is 0 Å². The number of hydrogen-bond acceptors (Lipinski definition) is 6. The van der Waals surface area contributed by atoms with Crippen molar-refractivity contribution in [1.29, 1.82) is 0 Å². The van der Waals surface area contributed by atoms with Gasteiger partial charge in [0.15, 0.2) is 0 Å². The minimum atomic E-state index is -0.122. The van der Waals surface area contributed by atoms with E-state index in [1.54, 1.807) is 10.7 Å². The summed E-state index contributed by atoms with van der Waals surface area (Å²) < 4.78 is 7.80. The molecule has 8 heteroatoms. The molecule has 1 aromatic heterocycles. The van der Waals surface area contributed by atoms with Crippen LogP contribution in [0.2, 0.25) is 0 Å². The van der Waals surface area contributed by atoms with E-state index in [0.717, 1.165) is 45.1 Å². The molecular weight excluding hydrogens is 418 g/mol. The number of allylic oxidation sites excluding steroid dienone is 3. The molecule has 0 saturated heterocycles. The molecule has 0 bridgehead atoms. The molecule has 8 nitrogen and oxygen atoms in total. The Morgan fingerprint density at radius 1 is 1.21 bits per heavy atom.